The number of hydrogen-bond acceptors (Lipinski definition) is 5. The van der Waals surface area contributed by atoms with E-state index in [9.17, 15) is 0 Å². The summed E-state index contributed by atoms with van der Waals surface area (Å²) in [4.78, 5) is 4.38. The molecule has 0 bridgehead atoms. The van der Waals surface area contributed by atoms with Crippen LogP contribution in [0.3, 0.4) is 0 Å². The Balaban J connectivity index is 2.28. The molecule has 3 N–H and O–H groups in total. The third kappa shape index (κ3) is 2.41. The van der Waals surface area contributed by atoms with E-state index >= 15 is 0 Å². The first-order chi connectivity index (χ1) is 8.27. The molecule has 0 amide bonds. The summed E-state index contributed by atoms with van der Waals surface area (Å²) in [6.45, 7) is 2.84. The van der Waals surface area contributed by atoms with Gasteiger partial charge < -0.3 is 9.47 Å². The van der Waals surface area contributed by atoms with Crippen LogP contribution in [0.5, 0.6) is 5.75 Å². The van der Waals surface area contributed by atoms with E-state index in [4.69, 9.17) is 15.3 Å². The van der Waals surface area contributed by atoms with Crippen LogP contribution in [-0.2, 0) is 4.74 Å². The highest BCUT2D eigenvalue weighted by atomic mass is 16.5. The molecule has 0 aliphatic carbocycles. The summed E-state index contributed by atoms with van der Waals surface area (Å²) in [5.74, 6) is 6.75. The Labute approximate surface area is 101 Å². The fourth-order valence-corrected chi connectivity index (χ4v) is 2.40. The molecule has 1 aliphatic rings. The molecule has 94 valence electrons. The Bertz CT molecular complexity index is 373. The third-order valence-corrected chi connectivity index (χ3v) is 3.36. The standard InChI is InChI=1S/C12H19N3O2/c1-8-9(5-7-17-8)11(15-13)12-10(16-2)4-3-6-14-12/h3-4,6,8-9,11,15H,5,7,13H2,1-2H3. The Morgan fingerprint density at radius 2 is 2.47 bits per heavy atom. The summed E-state index contributed by atoms with van der Waals surface area (Å²) in [7, 11) is 1.64. The highest BCUT2D eigenvalue weighted by Crippen LogP contribution is 2.35. The molecule has 3 atom stereocenters. The van der Waals surface area contributed by atoms with Crippen LogP contribution in [0.4, 0.5) is 0 Å². The maximum atomic E-state index is 5.67. The molecule has 1 saturated heterocycles. The lowest BCUT2D eigenvalue weighted by molar-refractivity contribution is 0.0945. The summed E-state index contributed by atoms with van der Waals surface area (Å²) in [6, 6.07) is 3.71. The molecular weight excluding hydrogens is 218 g/mol. The Morgan fingerprint density at radius 3 is 3.06 bits per heavy atom. The summed E-state index contributed by atoms with van der Waals surface area (Å²) in [6.07, 6.45) is 2.92. The molecule has 0 spiro atoms. The molecule has 17 heavy (non-hydrogen) atoms. The molecular formula is C12H19N3O2. The molecule has 5 nitrogen and oxygen atoms in total. The number of nitrogens with one attached hydrogen (secondary N) is 1. The van der Waals surface area contributed by atoms with Crippen LogP contribution in [0, 0.1) is 5.92 Å². The number of methoxy groups -OCH3 is 1. The highest BCUT2D eigenvalue weighted by molar-refractivity contribution is 5.30. The second-order valence-electron chi connectivity index (χ2n) is 4.26. The maximum Gasteiger partial charge on any atom is 0.142 e. The monoisotopic (exact) mass is 237 g/mol. The maximum absolute atomic E-state index is 5.67. The van der Waals surface area contributed by atoms with Gasteiger partial charge in [0, 0.05) is 18.7 Å². The Hall–Kier alpha value is -1.17. The first-order valence-electron chi connectivity index (χ1n) is 5.84. The number of hydrazine groups is 1. The van der Waals surface area contributed by atoms with Crippen molar-refractivity contribution < 1.29 is 9.47 Å². The van der Waals surface area contributed by atoms with Crippen LogP contribution in [0.1, 0.15) is 25.1 Å². The minimum atomic E-state index is -0.0383. The van der Waals surface area contributed by atoms with Gasteiger partial charge in [-0.15, -0.1) is 0 Å². The highest BCUT2D eigenvalue weighted by Gasteiger charge is 2.34. The normalized spacial score (nSPS) is 25.8. The minimum Gasteiger partial charge on any atom is -0.495 e. The summed E-state index contributed by atoms with van der Waals surface area (Å²) in [5, 5.41) is 0. The lowest BCUT2D eigenvalue weighted by atomic mass is 9.91. The molecule has 1 aromatic rings. The van der Waals surface area contributed by atoms with Crippen molar-refractivity contribution in [3.63, 3.8) is 0 Å². The van der Waals surface area contributed by atoms with Gasteiger partial charge in [-0.05, 0) is 25.5 Å². The smallest absolute Gasteiger partial charge is 0.142 e. The second kappa shape index (κ2) is 5.44. The zero-order valence-corrected chi connectivity index (χ0v) is 10.2. The molecule has 1 aromatic heterocycles. The summed E-state index contributed by atoms with van der Waals surface area (Å²) < 4.78 is 10.9. The van der Waals surface area contributed by atoms with Gasteiger partial charge in [0.1, 0.15) is 11.4 Å². The van der Waals surface area contributed by atoms with Gasteiger partial charge in [0.05, 0.1) is 19.3 Å². The number of nitrogens with two attached hydrogens (primary N) is 1. The van der Waals surface area contributed by atoms with Gasteiger partial charge in [-0.25, -0.2) is 0 Å². The van der Waals surface area contributed by atoms with Crippen molar-refractivity contribution in [1.29, 1.82) is 0 Å². The largest absolute Gasteiger partial charge is 0.495 e. The predicted molar refractivity (Wildman–Crippen MR) is 64.4 cm³/mol. The average molecular weight is 237 g/mol. The summed E-state index contributed by atoms with van der Waals surface area (Å²) in [5.41, 5.74) is 3.69. The van der Waals surface area contributed by atoms with Gasteiger partial charge >= 0.3 is 0 Å². The third-order valence-electron chi connectivity index (χ3n) is 3.36. The first kappa shape index (κ1) is 12.3. The molecule has 2 rings (SSSR count). The number of hydrogen-bond donors (Lipinski definition) is 2. The van der Waals surface area contributed by atoms with Crippen LogP contribution in [-0.4, -0.2) is 24.8 Å². The fourth-order valence-electron chi connectivity index (χ4n) is 2.40. The van der Waals surface area contributed by atoms with Gasteiger partial charge in [0.25, 0.3) is 0 Å². The molecule has 1 aliphatic heterocycles. The van der Waals surface area contributed by atoms with Crippen LogP contribution in [0.25, 0.3) is 0 Å². The van der Waals surface area contributed by atoms with E-state index in [0.717, 1.165) is 24.5 Å². The van der Waals surface area contributed by atoms with Crippen molar-refractivity contribution in [3.8, 4) is 5.75 Å². The topological polar surface area (TPSA) is 69.4 Å². The van der Waals surface area contributed by atoms with E-state index in [0.29, 0.717) is 5.92 Å². The molecule has 0 saturated carbocycles. The van der Waals surface area contributed by atoms with Crippen molar-refractivity contribution >= 4 is 0 Å². The van der Waals surface area contributed by atoms with E-state index in [1.54, 1.807) is 13.3 Å². The van der Waals surface area contributed by atoms with E-state index in [2.05, 4.69) is 17.3 Å². The number of ether oxygens (including phenoxy) is 2. The van der Waals surface area contributed by atoms with Crippen molar-refractivity contribution in [2.75, 3.05) is 13.7 Å². The van der Waals surface area contributed by atoms with Crippen molar-refractivity contribution in [2.45, 2.75) is 25.5 Å². The van der Waals surface area contributed by atoms with Gasteiger partial charge in [0.2, 0.25) is 0 Å². The van der Waals surface area contributed by atoms with Crippen LogP contribution in [0.2, 0.25) is 0 Å². The quantitative estimate of drug-likeness (QED) is 0.604. The molecule has 3 unspecified atom stereocenters. The second-order valence-corrected chi connectivity index (χ2v) is 4.26. The molecule has 2 heterocycles. The first-order valence-corrected chi connectivity index (χ1v) is 5.84. The number of nitrogens with zero attached hydrogens (tertiary/aromatic N) is 1. The predicted octanol–water partition coefficient (Wildman–Crippen LogP) is 1.02. The number of aromatic nitrogens is 1. The van der Waals surface area contributed by atoms with Crippen LogP contribution in [0.15, 0.2) is 18.3 Å². The minimum absolute atomic E-state index is 0.0383. The van der Waals surface area contributed by atoms with Crippen LogP contribution < -0.4 is 16.0 Å². The van der Waals surface area contributed by atoms with E-state index in [1.807, 2.05) is 12.1 Å². The molecule has 5 heteroatoms. The summed E-state index contributed by atoms with van der Waals surface area (Å²) >= 11 is 0. The van der Waals surface area contributed by atoms with Gasteiger partial charge in [-0.3, -0.25) is 16.3 Å². The van der Waals surface area contributed by atoms with Gasteiger partial charge in [-0.2, -0.15) is 0 Å². The van der Waals surface area contributed by atoms with E-state index < -0.39 is 0 Å². The van der Waals surface area contributed by atoms with E-state index in [-0.39, 0.29) is 12.1 Å². The number of rotatable bonds is 4. The Morgan fingerprint density at radius 1 is 1.65 bits per heavy atom. The average Bonchev–Trinajstić information content (AvgIpc) is 2.78. The molecule has 0 aromatic carbocycles. The zero-order chi connectivity index (χ0) is 12.3. The van der Waals surface area contributed by atoms with E-state index in [1.165, 1.54) is 0 Å². The molecule has 0 radical (unpaired) electrons. The lowest BCUT2D eigenvalue weighted by Gasteiger charge is -2.25. The van der Waals surface area contributed by atoms with Crippen molar-refractivity contribution in [1.82, 2.24) is 10.4 Å². The van der Waals surface area contributed by atoms with Crippen molar-refractivity contribution in [3.05, 3.63) is 24.0 Å². The van der Waals surface area contributed by atoms with Gasteiger partial charge in [0.15, 0.2) is 0 Å². The van der Waals surface area contributed by atoms with Crippen LogP contribution >= 0.6 is 0 Å². The van der Waals surface area contributed by atoms with Gasteiger partial charge in [-0.1, -0.05) is 0 Å². The SMILES string of the molecule is COc1cccnc1C(NN)C1CCOC1C. The molecule has 1 fully saturated rings. The lowest BCUT2D eigenvalue weighted by Crippen LogP contribution is -2.37. The zero-order valence-electron chi connectivity index (χ0n) is 10.2. The number of pyridine rings is 1. The Kier molecular flexibility index (Phi) is 3.93. The van der Waals surface area contributed by atoms with Crippen molar-refractivity contribution in [2.24, 2.45) is 11.8 Å². The fraction of sp³-hybridized carbons (Fsp3) is 0.583.